The normalized spacial score (nSPS) is 20.7. The lowest BCUT2D eigenvalue weighted by Crippen LogP contribution is -2.51. The first-order chi connectivity index (χ1) is 14.6. The van der Waals surface area contributed by atoms with E-state index in [1.165, 1.54) is 16.8 Å². The van der Waals surface area contributed by atoms with E-state index in [2.05, 4.69) is 45.0 Å². The predicted octanol–water partition coefficient (Wildman–Crippen LogP) is 2.54. The minimum absolute atomic E-state index is 0.197. The van der Waals surface area contributed by atoms with E-state index in [1.807, 2.05) is 18.2 Å². The molecule has 0 amide bonds. The van der Waals surface area contributed by atoms with Gasteiger partial charge in [0.05, 0.1) is 12.6 Å². The molecule has 2 fully saturated rings. The number of guanidine groups is 1. The van der Waals surface area contributed by atoms with Crippen LogP contribution in [-0.4, -0.2) is 66.2 Å². The fourth-order valence-corrected chi connectivity index (χ4v) is 4.30. The number of likely N-dealkylation sites (tertiary alicyclic amines) is 1. The van der Waals surface area contributed by atoms with Crippen LogP contribution in [0.3, 0.4) is 0 Å². The molecule has 6 nitrogen and oxygen atoms in total. The summed E-state index contributed by atoms with van der Waals surface area (Å²) >= 11 is 5.99. The number of rotatable bonds is 5. The quantitative estimate of drug-likeness (QED) is 0.567. The summed E-state index contributed by atoms with van der Waals surface area (Å²) in [4.78, 5) is 11.5. The molecule has 4 rings (SSSR count). The van der Waals surface area contributed by atoms with Crippen LogP contribution < -0.4 is 10.6 Å². The number of benzene rings is 2. The number of nitrogens with zero attached hydrogens (tertiary/aromatic N) is 4. The van der Waals surface area contributed by atoms with E-state index in [0.717, 1.165) is 57.3 Å². The van der Waals surface area contributed by atoms with Gasteiger partial charge in [-0.05, 0) is 41.8 Å². The van der Waals surface area contributed by atoms with Crippen LogP contribution in [0.25, 0.3) is 0 Å². The molecule has 0 aliphatic carbocycles. The molecule has 0 bridgehead atoms. The van der Waals surface area contributed by atoms with Gasteiger partial charge < -0.3 is 20.6 Å². The van der Waals surface area contributed by atoms with E-state index < -0.39 is 0 Å². The Kier molecular flexibility index (Phi) is 6.77. The van der Waals surface area contributed by atoms with Crippen LogP contribution in [0.15, 0.2) is 53.5 Å². The molecule has 2 saturated heterocycles. The third kappa shape index (κ3) is 5.25. The molecule has 0 aromatic heterocycles. The number of aliphatic hydroxyl groups excluding tert-OH is 1. The van der Waals surface area contributed by atoms with Crippen molar-refractivity contribution in [2.75, 3.05) is 44.2 Å². The Morgan fingerprint density at radius 2 is 1.70 bits per heavy atom. The smallest absolute Gasteiger partial charge is 0.191 e. The van der Waals surface area contributed by atoms with Crippen LogP contribution in [0.2, 0.25) is 5.02 Å². The largest absolute Gasteiger partial charge is 0.392 e. The zero-order valence-electron chi connectivity index (χ0n) is 17.3. The van der Waals surface area contributed by atoms with Crippen LogP contribution in [0.5, 0.6) is 0 Å². The van der Waals surface area contributed by atoms with E-state index in [4.69, 9.17) is 22.3 Å². The highest BCUT2D eigenvalue weighted by Crippen LogP contribution is 2.20. The second kappa shape index (κ2) is 9.69. The van der Waals surface area contributed by atoms with Gasteiger partial charge in [-0.15, -0.1) is 0 Å². The van der Waals surface area contributed by atoms with Crippen LogP contribution in [0.1, 0.15) is 17.5 Å². The Balaban J connectivity index is 1.33. The highest BCUT2D eigenvalue weighted by Gasteiger charge is 2.21. The summed E-state index contributed by atoms with van der Waals surface area (Å²) in [6, 6.07) is 16.4. The number of halogens is 1. The van der Waals surface area contributed by atoms with Crippen LogP contribution in [0, 0.1) is 0 Å². The van der Waals surface area contributed by atoms with E-state index in [0.29, 0.717) is 12.5 Å². The summed E-state index contributed by atoms with van der Waals surface area (Å²) in [6.45, 7) is 6.64. The molecular weight excluding hydrogens is 398 g/mol. The molecule has 0 spiro atoms. The average Bonchev–Trinajstić information content (AvgIpc) is 3.18. The Bertz CT molecular complexity index is 864. The first-order valence-corrected chi connectivity index (χ1v) is 11.0. The van der Waals surface area contributed by atoms with Gasteiger partial charge in [0, 0.05) is 56.5 Å². The fraction of sp³-hybridized carbons (Fsp3) is 0.435. The minimum atomic E-state index is -0.197. The van der Waals surface area contributed by atoms with E-state index in [9.17, 15) is 5.11 Å². The number of hydrogen-bond acceptors (Lipinski definition) is 4. The van der Waals surface area contributed by atoms with Gasteiger partial charge >= 0.3 is 0 Å². The first-order valence-electron chi connectivity index (χ1n) is 10.6. The van der Waals surface area contributed by atoms with Crippen molar-refractivity contribution >= 4 is 23.2 Å². The molecule has 2 aromatic carbocycles. The summed E-state index contributed by atoms with van der Waals surface area (Å²) in [5.41, 5.74) is 9.97. The predicted molar refractivity (Wildman–Crippen MR) is 123 cm³/mol. The zero-order valence-corrected chi connectivity index (χ0v) is 18.0. The number of aliphatic imine (C=N–C) groups is 1. The molecule has 0 radical (unpaired) electrons. The Morgan fingerprint density at radius 1 is 1.00 bits per heavy atom. The highest BCUT2D eigenvalue weighted by molar-refractivity contribution is 6.30. The molecule has 2 aliphatic heterocycles. The summed E-state index contributed by atoms with van der Waals surface area (Å²) in [6.07, 6.45) is 0.660. The molecule has 2 aromatic rings. The van der Waals surface area contributed by atoms with Crippen molar-refractivity contribution in [3.05, 3.63) is 64.7 Å². The molecule has 160 valence electrons. The average molecular weight is 428 g/mol. The number of aliphatic hydroxyl groups is 1. The maximum atomic E-state index is 9.78. The fourth-order valence-electron chi connectivity index (χ4n) is 4.17. The van der Waals surface area contributed by atoms with Crippen LogP contribution in [0.4, 0.5) is 5.69 Å². The lowest BCUT2D eigenvalue weighted by Gasteiger charge is -2.36. The minimum Gasteiger partial charge on any atom is -0.392 e. The summed E-state index contributed by atoms with van der Waals surface area (Å²) in [7, 11) is 0. The van der Waals surface area contributed by atoms with Gasteiger partial charge in [0.25, 0.3) is 0 Å². The number of piperazine rings is 1. The molecule has 1 unspecified atom stereocenters. The van der Waals surface area contributed by atoms with Gasteiger partial charge in [-0.25, -0.2) is 4.99 Å². The first kappa shape index (κ1) is 21.0. The molecule has 7 heteroatoms. The van der Waals surface area contributed by atoms with Crippen molar-refractivity contribution in [2.45, 2.75) is 25.6 Å². The van der Waals surface area contributed by atoms with E-state index in [-0.39, 0.29) is 6.10 Å². The highest BCUT2D eigenvalue weighted by atomic mass is 35.5. The van der Waals surface area contributed by atoms with Crippen LogP contribution >= 0.6 is 11.6 Å². The second-order valence-corrected chi connectivity index (χ2v) is 8.51. The van der Waals surface area contributed by atoms with E-state index >= 15 is 0 Å². The molecule has 1 atom stereocenters. The number of anilines is 1. The maximum absolute atomic E-state index is 9.78. The van der Waals surface area contributed by atoms with Gasteiger partial charge in [0.15, 0.2) is 5.96 Å². The third-order valence-corrected chi connectivity index (χ3v) is 6.22. The van der Waals surface area contributed by atoms with Crippen molar-refractivity contribution in [1.29, 1.82) is 0 Å². The SMILES string of the molecule is NC(=NCc1ccccc1CN1CCC(O)C1)N1CCN(c2ccc(Cl)cc2)CC1. The van der Waals surface area contributed by atoms with Crippen molar-refractivity contribution in [1.82, 2.24) is 9.80 Å². The molecule has 3 N–H and O–H groups in total. The van der Waals surface area contributed by atoms with Gasteiger partial charge in [-0.3, -0.25) is 4.90 Å². The Labute approximate surface area is 183 Å². The summed E-state index contributed by atoms with van der Waals surface area (Å²) in [5.74, 6) is 0.608. The lowest BCUT2D eigenvalue weighted by atomic mass is 10.1. The summed E-state index contributed by atoms with van der Waals surface area (Å²) in [5, 5.41) is 10.5. The molecule has 0 saturated carbocycles. The van der Waals surface area contributed by atoms with Gasteiger partial charge in [0.1, 0.15) is 0 Å². The number of hydrogen-bond donors (Lipinski definition) is 2. The van der Waals surface area contributed by atoms with Gasteiger partial charge in [-0.1, -0.05) is 35.9 Å². The molecule has 2 aliphatic rings. The van der Waals surface area contributed by atoms with Crippen molar-refractivity contribution in [3.63, 3.8) is 0 Å². The summed E-state index contributed by atoms with van der Waals surface area (Å²) < 4.78 is 0. The maximum Gasteiger partial charge on any atom is 0.191 e. The number of nitrogens with two attached hydrogens (primary N) is 1. The lowest BCUT2D eigenvalue weighted by molar-refractivity contribution is 0.174. The topological polar surface area (TPSA) is 68.3 Å². The van der Waals surface area contributed by atoms with Crippen molar-refractivity contribution in [2.24, 2.45) is 10.7 Å². The monoisotopic (exact) mass is 427 g/mol. The zero-order chi connectivity index (χ0) is 20.9. The standard InChI is InChI=1S/C23H30ClN5O/c24-20-5-7-21(8-6-20)28-11-13-29(14-12-28)23(25)26-15-18-3-1-2-4-19(18)16-27-10-9-22(30)17-27/h1-8,22,30H,9-17H2,(H2,25,26). The molecule has 30 heavy (non-hydrogen) atoms. The molecular formula is C23H30ClN5O. The Hall–Kier alpha value is -2.28. The Morgan fingerprint density at radius 3 is 2.37 bits per heavy atom. The second-order valence-electron chi connectivity index (χ2n) is 8.07. The third-order valence-electron chi connectivity index (χ3n) is 5.97. The number of β-amino-alcohol motifs (C(OH)–C–C–N with tert-alkyl or cyclic N) is 1. The van der Waals surface area contributed by atoms with Crippen molar-refractivity contribution < 1.29 is 5.11 Å². The van der Waals surface area contributed by atoms with Crippen LogP contribution in [-0.2, 0) is 13.1 Å². The molecule has 2 heterocycles. The van der Waals surface area contributed by atoms with E-state index in [1.54, 1.807) is 0 Å². The van der Waals surface area contributed by atoms with Gasteiger partial charge in [0.2, 0.25) is 0 Å². The van der Waals surface area contributed by atoms with Gasteiger partial charge in [-0.2, -0.15) is 0 Å². The van der Waals surface area contributed by atoms with Crippen molar-refractivity contribution in [3.8, 4) is 0 Å².